The first kappa shape index (κ1) is 21.1. The van der Waals surface area contributed by atoms with Gasteiger partial charge in [0.15, 0.2) is 0 Å². The van der Waals surface area contributed by atoms with Crippen LogP contribution in [-0.2, 0) is 14.3 Å². The van der Waals surface area contributed by atoms with Gasteiger partial charge in [0.05, 0.1) is 18.4 Å². The molecule has 5 nitrogen and oxygen atoms in total. The molecular formula is C23H34O5. The Morgan fingerprint density at radius 3 is 2.68 bits per heavy atom. The second kappa shape index (κ2) is 8.81. The Hall–Kier alpha value is -1.62. The van der Waals surface area contributed by atoms with Crippen LogP contribution in [0.1, 0.15) is 59.3 Å². The average Bonchev–Trinajstić information content (AvgIpc) is 2.60. The average molecular weight is 391 g/mol. The molecule has 0 aromatic heterocycles. The zero-order valence-corrected chi connectivity index (χ0v) is 17.2. The number of carboxylic acids is 1. The van der Waals surface area contributed by atoms with Gasteiger partial charge < -0.3 is 14.9 Å². The molecule has 0 amide bonds. The number of cyclic esters (lactones) is 1. The second-order valence-corrected chi connectivity index (χ2v) is 9.09. The highest BCUT2D eigenvalue weighted by Crippen LogP contribution is 2.49. The molecule has 1 saturated heterocycles. The summed E-state index contributed by atoms with van der Waals surface area (Å²) in [5.74, 6) is 0.113. The van der Waals surface area contributed by atoms with Gasteiger partial charge in [-0.05, 0) is 60.8 Å². The van der Waals surface area contributed by atoms with E-state index >= 15 is 0 Å². The van der Waals surface area contributed by atoms with Crippen LogP contribution in [0, 0.1) is 35.5 Å². The maximum atomic E-state index is 12.0. The van der Waals surface area contributed by atoms with E-state index in [2.05, 4.69) is 32.1 Å². The highest BCUT2D eigenvalue weighted by molar-refractivity contribution is 5.71. The van der Waals surface area contributed by atoms with Gasteiger partial charge in [-0.3, -0.25) is 9.59 Å². The summed E-state index contributed by atoms with van der Waals surface area (Å²) in [7, 11) is 0. The number of carboxylic acid groups (broad SMARTS) is 1. The van der Waals surface area contributed by atoms with E-state index in [0.29, 0.717) is 30.6 Å². The second-order valence-electron chi connectivity index (χ2n) is 9.09. The first-order valence-corrected chi connectivity index (χ1v) is 10.8. The van der Waals surface area contributed by atoms with E-state index in [4.69, 9.17) is 4.74 Å². The lowest BCUT2D eigenvalue weighted by molar-refractivity contribution is -0.161. The van der Waals surface area contributed by atoms with Crippen LogP contribution in [0.15, 0.2) is 23.8 Å². The number of carbonyl (C=O) groups excluding carboxylic acids is 1. The third-order valence-electron chi connectivity index (χ3n) is 7.03. The highest BCUT2D eigenvalue weighted by atomic mass is 16.5. The maximum absolute atomic E-state index is 12.0. The predicted molar refractivity (Wildman–Crippen MR) is 106 cm³/mol. The molecule has 8 atom stereocenters. The van der Waals surface area contributed by atoms with Gasteiger partial charge in [-0.25, -0.2) is 0 Å². The normalized spacial score (nSPS) is 38.9. The molecule has 0 saturated carbocycles. The molecule has 3 rings (SSSR count). The fourth-order valence-corrected chi connectivity index (χ4v) is 5.73. The molecule has 0 aromatic rings. The minimum absolute atomic E-state index is 0.0886. The molecule has 2 aliphatic carbocycles. The Morgan fingerprint density at radius 1 is 1.29 bits per heavy atom. The van der Waals surface area contributed by atoms with Crippen LogP contribution in [0.2, 0.25) is 0 Å². The first-order chi connectivity index (χ1) is 13.3. The number of esters is 1. The Morgan fingerprint density at radius 2 is 2.04 bits per heavy atom. The summed E-state index contributed by atoms with van der Waals surface area (Å²) >= 11 is 0. The fraction of sp³-hybridized carbons (Fsp3) is 0.739. The van der Waals surface area contributed by atoms with Crippen molar-refractivity contribution in [2.24, 2.45) is 35.5 Å². The lowest BCUT2D eigenvalue weighted by Gasteiger charge is -2.46. The molecule has 0 radical (unpaired) electrons. The molecule has 1 fully saturated rings. The van der Waals surface area contributed by atoms with Gasteiger partial charge in [-0.15, -0.1) is 0 Å². The van der Waals surface area contributed by atoms with Crippen molar-refractivity contribution >= 4 is 11.9 Å². The summed E-state index contributed by atoms with van der Waals surface area (Å²) in [6, 6.07) is 0. The summed E-state index contributed by atoms with van der Waals surface area (Å²) in [6.45, 7) is 6.35. The minimum Gasteiger partial charge on any atom is -0.481 e. The third-order valence-corrected chi connectivity index (χ3v) is 7.03. The molecule has 0 spiro atoms. The van der Waals surface area contributed by atoms with Crippen LogP contribution < -0.4 is 0 Å². The number of aliphatic hydroxyl groups excluding tert-OH is 1. The lowest BCUT2D eigenvalue weighted by Crippen LogP contribution is -2.41. The Bertz CT molecular complexity index is 651. The van der Waals surface area contributed by atoms with E-state index in [1.807, 2.05) is 6.92 Å². The molecule has 0 aromatic carbocycles. The van der Waals surface area contributed by atoms with Crippen LogP contribution >= 0.6 is 0 Å². The summed E-state index contributed by atoms with van der Waals surface area (Å²) in [5.41, 5.74) is 1.28. The van der Waals surface area contributed by atoms with E-state index in [1.165, 1.54) is 5.57 Å². The predicted octanol–water partition coefficient (Wildman–Crippen LogP) is 3.96. The standard InChI is InChI=1S/C23H34O5/c1-4-18(23(26)27)20-10-13(2)9-15-6-5-14(3)19(22(15)20)8-7-17-11-16(24)12-21(25)28-17/h5-6,9,13-14,16-20,22,24H,4,7-8,10-12H2,1-3H3,(H,26,27). The molecule has 0 bridgehead atoms. The lowest BCUT2D eigenvalue weighted by atomic mass is 9.59. The number of allylic oxidation sites excluding steroid dienone is 4. The Balaban J connectivity index is 1.80. The van der Waals surface area contributed by atoms with Gasteiger partial charge in [0.1, 0.15) is 6.10 Å². The van der Waals surface area contributed by atoms with E-state index in [-0.39, 0.29) is 36.2 Å². The van der Waals surface area contributed by atoms with Gasteiger partial charge in [0, 0.05) is 6.42 Å². The van der Waals surface area contributed by atoms with Crippen molar-refractivity contribution in [2.45, 2.75) is 71.5 Å². The largest absolute Gasteiger partial charge is 0.481 e. The quantitative estimate of drug-likeness (QED) is 0.671. The van der Waals surface area contributed by atoms with Gasteiger partial charge in [0.25, 0.3) is 0 Å². The van der Waals surface area contributed by atoms with Crippen molar-refractivity contribution in [3.63, 3.8) is 0 Å². The van der Waals surface area contributed by atoms with Gasteiger partial charge in [0.2, 0.25) is 0 Å². The van der Waals surface area contributed by atoms with Crippen molar-refractivity contribution in [1.82, 2.24) is 0 Å². The number of fused-ring (bicyclic) bond motifs is 1. The molecule has 8 unspecified atom stereocenters. The van der Waals surface area contributed by atoms with Crippen molar-refractivity contribution in [2.75, 3.05) is 0 Å². The summed E-state index contributed by atoms with van der Waals surface area (Å²) < 4.78 is 5.44. The van der Waals surface area contributed by atoms with Crippen LogP contribution in [0.3, 0.4) is 0 Å². The van der Waals surface area contributed by atoms with Crippen molar-refractivity contribution in [3.8, 4) is 0 Å². The van der Waals surface area contributed by atoms with Crippen molar-refractivity contribution in [3.05, 3.63) is 23.8 Å². The van der Waals surface area contributed by atoms with Crippen LogP contribution in [-0.4, -0.2) is 34.4 Å². The van der Waals surface area contributed by atoms with Crippen molar-refractivity contribution in [1.29, 1.82) is 0 Å². The van der Waals surface area contributed by atoms with Crippen LogP contribution in [0.4, 0.5) is 0 Å². The molecule has 1 aliphatic heterocycles. The zero-order chi connectivity index (χ0) is 20.4. The number of rotatable bonds is 6. The number of carbonyl (C=O) groups is 2. The Labute approximate surface area is 167 Å². The zero-order valence-electron chi connectivity index (χ0n) is 17.2. The van der Waals surface area contributed by atoms with Crippen molar-refractivity contribution < 1.29 is 24.5 Å². The van der Waals surface area contributed by atoms with Gasteiger partial charge in [-0.2, -0.15) is 0 Å². The van der Waals surface area contributed by atoms with Gasteiger partial charge >= 0.3 is 11.9 Å². The third kappa shape index (κ3) is 4.51. The molecule has 156 valence electrons. The molecule has 28 heavy (non-hydrogen) atoms. The first-order valence-electron chi connectivity index (χ1n) is 10.8. The van der Waals surface area contributed by atoms with E-state index in [0.717, 1.165) is 19.3 Å². The van der Waals surface area contributed by atoms with Gasteiger partial charge in [-0.1, -0.05) is 39.0 Å². The smallest absolute Gasteiger partial charge is 0.308 e. The molecule has 3 aliphatic rings. The number of hydrogen-bond acceptors (Lipinski definition) is 4. The summed E-state index contributed by atoms with van der Waals surface area (Å²) in [5, 5.41) is 19.7. The number of ether oxygens (including phenoxy) is 1. The van der Waals surface area contributed by atoms with Crippen LogP contribution in [0.5, 0.6) is 0 Å². The molecular weight excluding hydrogens is 356 g/mol. The van der Waals surface area contributed by atoms with E-state index in [9.17, 15) is 19.8 Å². The number of aliphatic hydroxyl groups is 1. The maximum Gasteiger partial charge on any atom is 0.308 e. The number of hydrogen-bond donors (Lipinski definition) is 2. The molecule has 5 heteroatoms. The fourth-order valence-electron chi connectivity index (χ4n) is 5.73. The van der Waals surface area contributed by atoms with E-state index < -0.39 is 12.1 Å². The summed E-state index contributed by atoms with van der Waals surface area (Å²) in [4.78, 5) is 23.6. The molecule has 2 N–H and O–H groups in total. The topological polar surface area (TPSA) is 83.8 Å². The monoisotopic (exact) mass is 390 g/mol. The van der Waals surface area contributed by atoms with E-state index in [1.54, 1.807) is 0 Å². The summed E-state index contributed by atoms with van der Waals surface area (Å²) in [6.07, 6.45) is 9.67. The molecule has 1 heterocycles. The highest BCUT2D eigenvalue weighted by Gasteiger charge is 2.44. The van der Waals surface area contributed by atoms with Crippen LogP contribution in [0.25, 0.3) is 0 Å². The number of aliphatic carboxylic acids is 1. The Kier molecular flexibility index (Phi) is 6.64. The minimum atomic E-state index is -0.689. The SMILES string of the molecule is CCC(C(=O)O)C1CC(C)C=C2C=CC(C)C(CCC3CC(O)CC(=O)O3)C21.